The zero-order chi connectivity index (χ0) is 19.9. The molecular weight excluding hydrogens is 372 g/mol. The average molecular weight is 389 g/mol. The van der Waals surface area contributed by atoms with Crippen LogP contribution in [0.15, 0.2) is 23.0 Å². The van der Waals surface area contributed by atoms with Crippen molar-refractivity contribution in [2.24, 2.45) is 12.8 Å². The van der Waals surface area contributed by atoms with E-state index in [4.69, 9.17) is 17.3 Å². The molecule has 0 unspecified atom stereocenters. The van der Waals surface area contributed by atoms with E-state index in [0.29, 0.717) is 22.8 Å². The van der Waals surface area contributed by atoms with Crippen molar-refractivity contribution >= 4 is 40.0 Å². The van der Waals surface area contributed by atoms with E-state index < -0.39 is 17.2 Å². The van der Waals surface area contributed by atoms with Gasteiger partial charge in [0.1, 0.15) is 0 Å². The number of rotatable bonds is 4. The zero-order valence-electron chi connectivity index (χ0n) is 14.9. The van der Waals surface area contributed by atoms with Gasteiger partial charge >= 0.3 is 0 Å². The number of benzene rings is 1. The van der Waals surface area contributed by atoms with Gasteiger partial charge in [0.25, 0.3) is 11.8 Å². The van der Waals surface area contributed by atoms with Gasteiger partial charge in [-0.15, -0.1) is 0 Å². The number of hydrogen-bond acceptors (Lipinski definition) is 5. The molecule has 0 atom stereocenters. The van der Waals surface area contributed by atoms with Crippen LogP contribution in [0.2, 0.25) is 5.02 Å². The topological polar surface area (TPSA) is 125 Å². The SMILES string of the molecule is CCn1nc(C(=O)Nc2c(C(N)=O)nn(C)c2C)c(=O)c2cc(Cl)ccc21. The second-order valence-electron chi connectivity index (χ2n) is 5.91. The number of nitrogens with two attached hydrogens (primary N) is 1. The number of nitrogens with zero attached hydrogens (tertiary/aromatic N) is 4. The largest absolute Gasteiger partial charge is 0.364 e. The lowest BCUT2D eigenvalue weighted by Gasteiger charge is -2.11. The summed E-state index contributed by atoms with van der Waals surface area (Å²) in [6, 6.07) is 4.82. The first-order valence-electron chi connectivity index (χ1n) is 8.09. The van der Waals surface area contributed by atoms with Gasteiger partial charge in [-0.25, -0.2) is 0 Å². The smallest absolute Gasteiger partial charge is 0.280 e. The van der Waals surface area contributed by atoms with Crippen LogP contribution in [0.3, 0.4) is 0 Å². The lowest BCUT2D eigenvalue weighted by atomic mass is 10.2. The predicted octanol–water partition coefficient (Wildman–Crippen LogP) is 1.46. The van der Waals surface area contributed by atoms with E-state index in [1.165, 1.54) is 15.4 Å². The fourth-order valence-electron chi connectivity index (χ4n) is 2.76. The summed E-state index contributed by atoms with van der Waals surface area (Å²) in [5, 5.41) is 11.3. The van der Waals surface area contributed by atoms with Crippen molar-refractivity contribution in [1.29, 1.82) is 0 Å². The van der Waals surface area contributed by atoms with Crippen LogP contribution in [0.4, 0.5) is 5.69 Å². The quantitative estimate of drug-likeness (QED) is 0.700. The number of amides is 2. The molecule has 0 saturated carbocycles. The van der Waals surface area contributed by atoms with Gasteiger partial charge in [0, 0.05) is 18.6 Å². The van der Waals surface area contributed by atoms with Gasteiger partial charge in [0.2, 0.25) is 5.43 Å². The van der Waals surface area contributed by atoms with Crippen LogP contribution in [-0.4, -0.2) is 31.4 Å². The van der Waals surface area contributed by atoms with Gasteiger partial charge in [-0.1, -0.05) is 11.6 Å². The van der Waals surface area contributed by atoms with E-state index in [2.05, 4.69) is 15.5 Å². The van der Waals surface area contributed by atoms with E-state index in [1.807, 2.05) is 6.92 Å². The molecule has 140 valence electrons. The molecule has 0 aliphatic rings. The molecular formula is C17H17ClN6O3. The number of hydrogen-bond donors (Lipinski definition) is 2. The van der Waals surface area contributed by atoms with Crippen LogP contribution in [0.5, 0.6) is 0 Å². The fourth-order valence-corrected chi connectivity index (χ4v) is 2.93. The summed E-state index contributed by atoms with van der Waals surface area (Å²) in [6.07, 6.45) is 0. The number of nitrogens with one attached hydrogen (secondary N) is 1. The van der Waals surface area contributed by atoms with Crippen molar-refractivity contribution in [2.75, 3.05) is 5.32 Å². The first-order valence-corrected chi connectivity index (χ1v) is 8.47. The van der Waals surface area contributed by atoms with Crippen LogP contribution in [-0.2, 0) is 13.6 Å². The van der Waals surface area contributed by atoms with Gasteiger partial charge in [-0.05, 0) is 32.0 Å². The Hall–Kier alpha value is -3.20. The Kier molecular flexibility index (Phi) is 4.71. The first-order chi connectivity index (χ1) is 12.7. The number of primary amides is 1. The Morgan fingerprint density at radius 3 is 2.59 bits per heavy atom. The molecule has 0 bridgehead atoms. The van der Waals surface area contributed by atoms with Crippen LogP contribution < -0.4 is 16.5 Å². The lowest BCUT2D eigenvalue weighted by Crippen LogP contribution is -2.28. The van der Waals surface area contributed by atoms with Crippen molar-refractivity contribution in [2.45, 2.75) is 20.4 Å². The molecule has 3 aromatic rings. The molecule has 2 aromatic heterocycles. The maximum Gasteiger partial charge on any atom is 0.280 e. The van der Waals surface area contributed by atoms with E-state index in [0.717, 1.165) is 0 Å². The van der Waals surface area contributed by atoms with E-state index in [-0.39, 0.29) is 22.5 Å². The highest BCUT2D eigenvalue weighted by atomic mass is 35.5. The van der Waals surface area contributed by atoms with Crippen LogP contribution in [0.1, 0.15) is 33.6 Å². The minimum atomic E-state index is -0.793. The van der Waals surface area contributed by atoms with Gasteiger partial charge in [0.15, 0.2) is 11.4 Å². The maximum absolute atomic E-state index is 12.8. The molecule has 0 aliphatic heterocycles. The average Bonchev–Trinajstić information content (AvgIpc) is 2.91. The molecule has 0 radical (unpaired) electrons. The Labute approximate surface area is 158 Å². The summed E-state index contributed by atoms with van der Waals surface area (Å²) >= 11 is 6.00. The van der Waals surface area contributed by atoms with Gasteiger partial charge in [0.05, 0.1) is 22.3 Å². The van der Waals surface area contributed by atoms with Crippen molar-refractivity contribution in [3.63, 3.8) is 0 Å². The molecule has 0 saturated heterocycles. The van der Waals surface area contributed by atoms with Crippen LogP contribution in [0, 0.1) is 6.92 Å². The number of anilines is 1. The lowest BCUT2D eigenvalue weighted by molar-refractivity contribution is 0.0995. The number of fused-ring (bicyclic) bond motifs is 1. The Morgan fingerprint density at radius 2 is 1.96 bits per heavy atom. The number of carbonyl (C=O) groups is 2. The molecule has 9 nitrogen and oxygen atoms in total. The highest BCUT2D eigenvalue weighted by Crippen LogP contribution is 2.20. The van der Waals surface area contributed by atoms with Crippen molar-refractivity contribution in [1.82, 2.24) is 19.6 Å². The molecule has 10 heteroatoms. The molecule has 0 aliphatic carbocycles. The normalized spacial score (nSPS) is 11.0. The number of aryl methyl sites for hydroxylation is 2. The minimum absolute atomic E-state index is 0.0944. The fraction of sp³-hybridized carbons (Fsp3) is 0.235. The predicted molar refractivity (Wildman–Crippen MR) is 101 cm³/mol. The third-order valence-corrected chi connectivity index (χ3v) is 4.47. The van der Waals surface area contributed by atoms with Crippen LogP contribution in [0.25, 0.3) is 10.9 Å². The van der Waals surface area contributed by atoms with Gasteiger partial charge < -0.3 is 11.1 Å². The maximum atomic E-state index is 12.8. The number of halogens is 1. The van der Waals surface area contributed by atoms with E-state index in [9.17, 15) is 14.4 Å². The van der Waals surface area contributed by atoms with Crippen molar-refractivity contribution < 1.29 is 9.59 Å². The zero-order valence-corrected chi connectivity index (χ0v) is 15.7. The molecule has 1 aromatic carbocycles. The number of aromatic nitrogens is 4. The summed E-state index contributed by atoms with van der Waals surface area (Å²) in [7, 11) is 1.61. The summed E-state index contributed by atoms with van der Waals surface area (Å²) in [5.41, 5.74) is 5.57. The second-order valence-corrected chi connectivity index (χ2v) is 6.34. The monoisotopic (exact) mass is 388 g/mol. The number of carbonyl (C=O) groups excluding carboxylic acids is 2. The molecule has 3 N–H and O–H groups in total. The molecule has 2 amide bonds. The Balaban J connectivity index is 2.14. The highest BCUT2D eigenvalue weighted by molar-refractivity contribution is 6.31. The first kappa shape index (κ1) is 18.6. The summed E-state index contributed by atoms with van der Waals surface area (Å²) in [5.74, 6) is -1.55. The van der Waals surface area contributed by atoms with Gasteiger partial charge in [-0.2, -0.15) is 10.2 Å². The second kappa shape index (κ2) is 6.84. The third-order valence-electron chi connectivity index (χ3n) is 4.24. The molecule has 27 heavy (non-hydrogen) atoms. The van der Waals surface area contributed by atoms with E-state index in [1.54, 1.807) is 26.1 Å². The summed E-state index contributed by atoms with van der Waals surface area (Å²) in [4.78, 5) is 37.1. The molecule has 0 fully saturated rings. The standard InChI is InChI=1S/C17H17ClN6O3/c1-4-24-11-6-5-9(18)7-10(11)15(25)14(22-24)17(27)20-12-8(2)23(3)21-13(12)16(19)26/h5-7H,4H2,1-3H3,(H2,19,26)(H,20,27). The van der Waals surface area contributed by atoms with Gasteiger partial charge in [-0.3, -0.25) is 23.7 Å². The summed E-state index contributed by atoms with van der Waals surface area (Å²) in [6.45, 7) is 3.94. The molecule has 2 heterocycles. The van der Waals surface area contributed by atoms with Crippen molar-refractivity contribution in [3.05, 3.63) is 50.5 Å². The molecule has 3 rings (SSSR count). The van der Waals surface area contributed by atoms with Crippen LogP contribution >= 0.6 is 11.6 Å². The third kappa shape index (κ3) is 3.17. The Bertz CT molecular complexity index is 1150. The Morgan fingerprint density at radius 1 is 1.26 bits per heavy atom. The summed E-state index contributed by atoms with van der Waals surface area (Å²) < 4.78 is 2.95. The minimum Gasteiger partial charge on any atom is -0.364 e. The molecule has 0 spiro atoms. The highest BCUT2D eigenvalue weighted by Gasteiger charge is 2.23. The van der Waals surface area contributed by atoms with Crippen molar-refractivity contribution in [3.8, 4) is 0 Å². The van der Waals surface area contributed by atoms with E-state index >= 15 is 0 Å².